The molecule has 1 fully saturated rings. The number of carbonyl (C=O) groups excluding carboxylic acids is 10. The monoisotopic (exact) mass is 1150 g/mol. The Kier molecular flexibility index (Phi) is 31.9. The molecule has 0 saturated carbocycles. The first-order valence-electron chi connectivity index (χ1n) is 29.9. The molecule has 10 unspecified atom stereocenters. The lowest BCUT2D eigenvalue weighted by molar-refractivity contribution is -0.142. The van der Waals surface area contributed by atoms with Crippen molar-refractivity contribution in [2.45, 2.75) is 260 Å². The maximum absolute atomic E-state index is 14.2. The fourth-order valence-corrected chi connectivity index (χ4v) is 9.67. The van der Waals surface area contributed by atoms with Gasteiger partial charge < -0.3 is 62.5 Å². The van der Waals surface area contributed by atoms with Gasteiger partial charge in [0.15, 0.2) is 0 Å². The molecule has 1 aliphatic heterocycles. The van der Waals surface area contributed by atoms with E-state index >= 15 is 0 Å². The lowest BCUT2D eigenvalue weighted by Crippen LogP contribution is -2.66. The van der Waals surface area contributed by atoms with Crippen LogP contribution in [-0.2, 0) is 47.9 Å². The third kappa shape index (κ3) is 25.4. The Labute approximate surface area is 484 Å². The van der Waals surface area contributed by atoms with Crippen LogP contribution in [-0.4, -0.2) is 171 Å². The summed E-state index contributed by atoms with van der Waals surface area (Å²) in [6, 6.07) is -5.98. The minimum Gasteiger partial charge on any atom is -0.395 e. The normalized spacial score (nSPS) is 17.3. The number of likely N-dealkylation sites (N-methyl/N-ethyl adjacent to an activating group) is 1. The van der Waals surface area contributed by atoms with Gasteiger partial charge in [0.25, 0.3) is 0 Å². The van der Waals surface area contributed by atoms with Crippen molar-refractivity contribution in [1.29, 1.82) is 0 Å². The molecule has 81 heavy (non-hydrogen) atoms. The van der Waals surface area contributed by atoms with Gasteiger partial charge in [0.05, 0.1) is 12.7 Å². The predicted molar refractivity (Wildman–Crippen MR) is 313 cm³/mol. The lowest BCUT2D eigenvalue weighted by atomic mass is 9.92. The van der Waals surface area contributed by atoms with E-state index in [-0.39, 0.29) is 61.9 Å². The summed E-state index contributed by atoms with van der Waals surface area (Å²) in [5.74, 6) is -7.18. The summed E-state index contributed by atoms with van der Waals surface area (Å²) in [5.41, 5.74) is -4.64. The molecule has 1 saturated heterocycles. The molecule has 0 aromatic rings. The van der Waals surface area contributed by atoms with Gasteiger partial charge in [-0.1, -0.05) is 100 Å². The van der Waals surface area contributed by atoms with Gasteiger partial charge in [-0.3, -0.25) is 47.9 Å². The van der Waals surface area contributed by atoms with Crippen molar-refractivity contribution >= 4 is 58.9 Å². The number of Topliss-reactive ketones (excluding diaryl/α,β-unsaturated/α-hetero) is 1. The van der Waals surface area contributed by atoms with Gasteiger partial charge >= 0.3 is 0 Å². The third-order valence-electron chi connectivity index (χ3n) is 15.3. The Morgan fingerprint density at radius 3 is 1.79 bits per heavy atom. The van der Waals surface area contributed by atoms with Crippen LogP contribution in [0.5, 0.6) is 0 Å². The smallest absolute Gasteiger partial charge is 0.246 e. The molecule has 10 atom stereocenters. The molecule has 1 aliphatic rings. The number of carbonyl (C=O) groups is 10. The van der Waals surface area contributed by atoms with E-state index in [4.69, 9.17) is 0 Å². The van der Waals surface area contributed by atoms with Gasteiger partial charge in [-0.25, -0.2) is 0 Å². The molecule has 1 heterocycles. The molecule has 466 valence electrons. The number of amides is 9. The van der Waals surface area contributed by atoms with E-state index in [2.05, 4.69) is 49.5 Å². The maximum atomic E-state index is 14.2. The summed E-state index contributed by atoms with van der Waals surface area (Å²) in [6.45, 7) is 27.7. The van der Waals surface area contributed by atoms with Crippen molar-refractivity contribution in [3.8, 4) is 0 Å². The number of hydrogen-bond donors (Lipinski definition) is 10. The van der Waals surface area contributed by atoms with Crippen LogP contribution >= 0.6 is 0 Å². The number of likely N-dealkylation sites (tertiary alicyclic amines) is 1. The molecule has 0 aromatic heterocycles. The maximum Gasteiger partial charge on any atom is 0.246 e. The van der Waals surface area contributed by atoms with Crippen molar-refractivity contribution in [1.82, 2.24) is 52.3 Å². The molecular formula is C59H108N10O12. The molecule has 0 aliphatic carbocycles. The van der Waals surface area contributed by atoms with Crippen LogP contribution in [0.25, 0.3) is 0 Å². The Morgan fingerprint density at radius 2 is 1.21 bits per heavy atom. The first-order valence-corrected chi connectivity index (χ1v) is 29.9. The summed E-state index contributed by atoms with van der Waals surface area (Å²) >= 11 is 0. The Hall–Kier alpha value is -5.22. The van der Waals surface area contributed by atoms with Crippen molar-refractivity contribution in [2.24, 2.45) is 23.7 Å². The van der Waals surface area contributed by atoms with Crippen LogP contribution in [0.4, 0.5) is 0 Å². The van der Waals surface area contributed by atoms with Gasteiger partial charge in [-0.2, -0.15) is 0 Å². The zero-order valence-corrected chi connectivity index (χ0v) is 52.5. The number of nitrogens with zero attached hydrogens (tertiary/aromatic N) is 2. The van der Waals surface area contributed by atoms with Crippen molar-refractivity contribution in [2.75, 3.05) is 33.3 Å². The number of unbranched alkanes of at least 4 members (excludes halogenated alkanes) is 5. The fraction of sp³-hybridized carbons (Fsp3) is 0.831. The molecular weight excluding hydrogens is 1040 g/mol. The van der Waals surface area contributed by atoms with E-state index in [1.807, 2.05) is 18.7 Å². The van der Waals surface area contributed by atoms with Gasteiger partial charge in [-0.15, -0.1) is 0 Å². The Bertz CT molecular complexity index is 2080. The topological polar surface area (TPSA) is 314 Å². The standard InChI is InChI=1S/C59H108N10O12/c1-18-21-22-23-24-25-27-39(8)53(78)69-29-26-28-45(69)50(75)62-44(33-37(6)32-43(72)34-42(71)20-3)49(74)61-41(10)48(73)65-57(11,12)55(80)64-46(36(4)5)51(76)63-47(38(7)19-2)52(77)66-59(15,16)56(81)67-58(13,14)54(79)60-40(9)35-68(17)30-31-70/h36-41,43-47,70,72H,18-35H2,1-17H3,(H,60,79)(H,61,74)(H,62,75)(H,63,76)(H,64,80)(H,65,73)(H,66,77)(H,67,81). The van der Waals surface area contributed by atoms with E-state index in [0.29, 0.717) is 45.3 Å². The molecule has 0 bridgehead atoms. The first kappa shape index (κ1) is 73.8. The lowest BCUT2D eigenvalue weighted by Gasteiger charge is -2.35. The zero-order chi connectivity index (χ0) is 62.2. The van der Waals surface area contributed by atoms with Gasteiger partial charge in [0, 0.05) is 44.4 Å². The highest BCUT2D eigenvalue weighted by atomic mass is 16.3. The number of aliphatic hydroxyl groups excluding tert-OH is 2. The number of rotatable bonds is 38. The molecule has 0 radical (unpaired) electrons. The minimum absolute atomic E-state index is 0.0299. The van der Waals surface area contributed by atoms with Gasteiger partial charge in [0.1, 0.15) is 52.6 Å². The van der Waals surface area contributed by atoms with Crippen LogP contribution in [0, 0.1) is 23.7 Å². The predicted octanol–water partition coefficient (Wildman–Crippen LogP) is 3.28. The second-order valence-electron chi connectivity index (χ2n) is 25.0. The number of nitrogens with one attached hydrogen (secondary N) is 8. The van der Waals surface area contributed by atoms with E-state index < -0.39 is 112 Å². The van der Waals surface area contributed by atoms with Gasteiger partial charge in [-0.05, 0) is 112 Å². The van der Waals surface area contributed by atoms with Crippen molar-refractivity contribution < 1.29 is 58.2 Å². The van der Waals surface area contributed by atoms with E-state index in [9.17, 15) is 58.2 Å². The minimum atomic E-state index is -1.67. The first-order chi connectivity index (χ1) is 37.6. The fourth-order valence-electron chi connectivity index (χ4n) is 9.67. The Morgan fingerprint density at radius 1 is 0.642 bits per heavy atom. The molecule has 9 amide bonds. The number of hydrogen-bond acceptors (Lipinski definition) is 13. The highest BCUT2D eigenvalue weighted by Crippen LogP contribution is 2.24. The number of ketones is 1. The van der Waals surface area contributed by atoms with Gasteiger partial charge in [0.2, 0.25) is 53.2 Å². The second kappa shape index (κ2) is 35.0. The molecule has 22 heteroatoms. The summed E-state index contributed by atoms with van der Waals surface area (Å²) in [7, 11) is 1.80. The summed E-state index contributed by atoms with van der Waals surface area (Å²) < 4.78 is 0. The SMILES string of the molecule is CCCCCCCCC(C)C(=O)N1CCCC1C(=O)NC(CC(C)CC(O)CC(=O)CC)C(=O)NC(C)C(=O)NC(C)(C)C(=O)NC(C(=O)NC(C(=O)NC(C)(C)C(=O)NC(C)(C)C(=O)NC(C)CN(C)CCO)C(C)CC)C(C)C. The largest absolute Gasteiger partial charge is 0.395 e. The van der Waals surface area contributed by atoms with Crippen LogP contribution in [0.2, 0.25) is 0 Å². The van der Waals surface area contributed by atoms with E-state index in [0.717, 1.165) is 32.1 Å². The van der Waals surface area contributed by atoms with E-state index in [1.165, 1.54) is 54.9 Å². The molecule has 22 nitrogen and oxygen atoms in total. The van der Waals surface area contributed by atoms with Crippen LogP contribution in [0.15, 0.2) is 0 Å². The molecule has 0 aromatic carbocycles. The molecule has 1 rings (SSSR count). The average molecular weight is 1150 g/mol. The summed E-state index contributed by atoms with van der Waals surface area (Å²) in [6.07, 6.45) is 8.08. The van der Waals surface area contributed by atoms with Crippen LogP contribution in [0.3, 0.4) is 0 Å². The van der Waals surface area contributed by atoms with Crippen molar-refractivity contribution in [3.63, 3.8) is 0 Å². The summed E-state index contributed by atoms with van der Waals surface area (Å²) in [5, 5.41) is 41.9. The third-order valence-corrected chi connectivity index (χ3v) is 15.3. The molecule has 10 N–H and O–H groups in total. The zero-order valence-electron chi connectivity index (χ0n) is 52.5. The highest BCUT2D eigenvalue weighted by Gasteiger charge is 2.42. The average Bonchev–Trinajstić information content (AvgIpc) is 3.87. The number of aliphatic hydroxyl groups is 2. The quantitative estimate of drug-likeness (QED) is 0.0398. The van der Waals surface area contributed by atoms with Crippen LogP contribution < -0.4 is 42.5 Å². The van der Waals surface area contributed by atoms with Crippen LogP contribution in [0.1, 0.15) is 201 Å². The van der Waals surface area contributed by atoms with E-state index in [1.54, 1.807) is 53.5 Å². The highest BCUT2D eigenvalue weighted by molar-refractivity contribution is 6.00. The summed E-state index contributed by atoms with van der Waals surface area (Å²) in [4.78, 5) is 140. The Balaban J connectivity index is 3.22. The van der Waals surface area contributed by atoms with Crippen molar-refractivity contribution in [3.05, 3.63) is 0 Å². The second-order valence-corrected chi connectivity index (χ2v) is 25.0. The molecule has 0 spiro atoms.